The van der Waals surface area contributed by atoms with Crippen molar-refractivity contribution in [2.24, 2.45) is 0 Å². The number of hydrogen-bond acceptors (Lipinski definition) is 4. The molecular weight excluding hydrogens is 292 g/mol. The lowest BCUT2D eigenvalue weighted by Crippen LogP contribution is -2.35. The van der Waals surface area contributed by atoms with Gasteiger partial charge < -0.3 is 14.8 Å². The highest BCUT2D eigenvalue weighted by atomic mass is 16.3. The van der Waals surface area contributed by atoms with Crippen molar-refractivity contribution in [3.8, 4) is 0 Å². The Morgan fingerprint density at radius 1 is 1.30 bits per heavy atom. The molecule has 0 unspecified atom stereocenters. The molecule has 0 aliphatic carbocycles. The van der Waals surface area contributed by atoms with E-state index >= 15 is 0 Å². The van der Waals surface area contributed by atoms with Crippen LogP contribution in [0.4, 0.5) is 0 Å². The maximum atomic E-state index is 12.2. The molecule has 5 heteroatoms. The summed E-state index contributed by atoms with van der Waals surface area (Å²) in [5.41, 5.74) is 0.903. The van der Waals surface area contributed by atoms with E-state index < -0.39 is 5.60 Å². The Bertz CT molecular complexity index is 630. The Balaban J connectivity index is 1.94. The monoisotopic (exact) mass is 316 g/mol. The van der Waals surface area contributed by atoms with Crippen molar-refractivity contribution < 1.29 is 14.3 Å². The smallest absolute Gasteiger partial charge is 0.251 e. The second-order valence-electron chi connectivity index (χ2n) is 6.45. The van der Waals surface area contributed by atoms with Gasteiger partial charge in [-0.15, -0.1) is 0 Å². The lowest BCUT2D eigenvalue weighted by molar-refractivity contribution is 0.0424. The molecule has 0 aliphatic heterocycles. The van der Waals surface area contributed by atoms with Crippen molar-refractivity contribution in [3.05, 3.63) is 59.5 Å². The fourth-order valence-electron chi connectivity index (χ4n) is 2.52. The third kappa shape index (κ3) is 5.88. The normalized spacial score (nSPS) is 11.7. The van der Waals surface area contributed by atoms with Crippen LogP contribution < -0.4 is 5.32 Å². The largest absolute Gasteiger partial charge is 0.467 e. The number of amides is 1. The molecule has 1 aromatic carbocycles. The third-order valence-electron chi connectivity index (χ3n) is 3.30. The van der Waals surface area contributed by atoms with Crippen LogP contribution in [0.3, 0.4) is 0 Å². The summed E-state index contributed by atoms with van der Waals surface area (Å²) < 4.78 is 5.20. The molecular formula is C18H24N2O3. The molecule has 2 aromatic rings. The number of hydrogen-bond donors (Lipinski definition) is 2. The average molecular weight is 316 g/mol. The quantitative estimate of drug-likeness (QED) is 0.823. The van der Waals surface area contributed by atoms with Gasteiger partial charge in [-0.3, -0.25) is 9.69 Å². The Labute approximate surface area is 136 Å². The van der Waals surface area contributed by atoms with Gasteiger partial charge >= 0.3 is 0 Å². The van der Waals surface area contributed by atoms with Gasteiger partial charge in [0, 0.05) is 18.7 Å². The molecule has 1 amide bonds. The number of nitrogens with zero attached hydrogens (tertiary/aromatic N) is 1. The summed E-state index contributed by atoms with van der Waals surface area (Å²) in [4.78, 5) is 14.2. The zero-order valence-electron chi connectivity index (χ0n) is 13.9. The van der Waals surface area contributed by atoms with E-state index in [2.05, 4.69) is 5.32 Å². The number of carbonyl (C=O) groups is 1. The first-order valence-corrected chi connectivity index (χ1v) is 7.64. The van der Waals surface area contributed by atoms with Gasteiger partial charge in [0.05, 0.1) is 18.4 Å². The number of benzene rings is 1. The van der Waals surface area contributed by atoms with Crippen LogP contribution >= 0.6 is 0 Å². The van der Waals surface area contributed by atoms with Gasteiger partial charge in [-0.05, 0) is 50.7 Å². The van der Waals surface area contributed by atoms with E-state index in [0.717, 1.165) is 11.3 Å². The highest BCUT2D eigenvalue weighted by molar-refractivity contribution is 5.94. The van der Waals surface area contributed by atoms with E-state index in [-0.39, 0.29) is 5.91 Å². The fraction of sp³-hybridized carbons (Fsp3) is 0.389. The Kier molecular flexibility index (Phi) is 5.58. The van der Waals surface area contributed by atoms with Crippen molar-refractivity contribution in [2.45, 2.75) is 32.5 Å². The molecule has 2 rings (SSSR count). The molecule has 1 aromatic heterocycles. The van der Waals surface area contributed by atoms with Crippen molar-refractivity contribution in [1.29, 1.82) is 0 Å². The molecule has 0 saturated heterocycles. The van der Waals surface area contributed by atoms with E-state index in [1.54, 1.807) is 32.2 Å². The predicted octanol–water partition coefficient (Wildman–Crippen LogP) is 2.41. The standard InChI is InChI=1S/C18H24N2O3/c1-18(2,22)13-20(3)12-14-6-4-7-15(10-14)17(21)19-11-16-8-5-9-23-16/h4-10,22H,11-13H2,1-3H3,(H,19,21). The second-order valence-corrected chi connectivity index (χ2v) is 6.45. The molecule has 0 fully saturated rings. The van der Waals surface area contributed by atoms with Crippen LogP contribution in [0.15, 0.2) is 47.1 Å². The molecule has 0 bridgehead atoms. The van der Waals surface area contributed by atoms with E-state index in [9.17, 15) is 9.90 Å². The fourth-order valence-corrected chi connectivity index (χ4v) is 2.52. The number of likely N-dealkylation sites (N-methyl/N-ethyl adjacent to an activating group) is 1. The van der Waals surface area contributed by atoms with Gasteiger partial charge in [0.15, 0.2) is 0 Å². The number of nitrogens with one attached hydrogen (secondary N) is 1. The van der Waals surface area contributed by atoms with E-state index in [0.29, 0.717) is 25.2 Å². The van der Waals surface area contributed by atoms with Crippen LogP contribution in [0, 0.1) is 0 Å². The molecule has 0 saturated carbocycles. The van der Waals surface area contributed by atoms with Gasteiger partial charge in [-0.1, -0.05) is 12.1 Å². The third-order valence-corrected chi connectivity index (χ3v) is 3.30. The maximum Gasteiger partial charge on any atom is 0.251 e. The SMILES string of the molecule is CN(Cc1cccc(C(=O)NCc2ccco2)c1)CC(C)(C)O. The van der Waals surface area contributed by atoms with Gasteiger partial charge in [0.25, 0.3) is 5.91 Å². The van der Waals surface area contributed by atoms with Crippen LogP contribution in [-0.4, -0.2) is 35.1 Å². The first-order valence-electron chi connectivity index (χ1n) is 7.64. The van der Waals surface area contributed by atoms with E-state index in [1.807, 2.05) is 36.2 Å². The van der Waals surface area contributed by atoms with Crippen molar-refractivity contribution in [3.63, 3.8) is 0 Å². The summed E-state index contributed by atoms with van der Waals surface area (Å²) in [6, 6.07) is 11.1. The molecule has 5 nitrogen and oxygen atoms in total. The highest BCUT2D eigenvalue weighted by Crippen LogP contribution is 2.11. The summed E-state index contributed by atoms with van der Waals surface area (Å²) in [5, 5.41) is 12.7. The Morgan fingerprint density at radius 2 is 2.09 bits per heavy atom. The number of aliphatic hydroxyl groups is 1. The zero-order valence-corrected chi connectivity index (χ0v) is 13.9. The summed E-state index contributed by atoms with van der Waals surface area (Å²) >= 11 is 0. The molecule has 124 valence electrons. The van der Waals surface area contributed by atoms with E-state index in [1.165, 1.54) is 0 Å². The molecule has 2 N–H and O–H groups in total. The van der Waals surface area contributed by atoms with Gasteiger partial charge in [-0.2, -0.15) is 0 Å². The zero-order chi connectivity index (χ0) is 16.9. The molecule has 0 spiro atoms. The van der Waals surface area contributed by atoms with Crippen LogP contribution in [0.2, 0.25) is 0 Å². The van der Waals surface area contributed by atoms with Crippen LogP contribution in [-0.2, 0) is 13.1 Å². The first kappa shape index (κ1) is 17.2. The van der Waals surface area contributed by atoms with Crippen molar-refractivity contribution >= 4 is 5.91 Å². The van der Waals surface area contributed by atoms with Crippen LogP contribution in [0.25, 0.3) is 0 Å². The van der Waals surface area contributed by atoms with Crippen molar-refractivity contribution in [1.82, 2.24) is 10.2 Å². The van der Waals surface area contributed by atoms with Crippen molar-refractivity contribution in [2.75, 3.05) is 13.6 Å². The maximum absolute atomic E-state index is 12.2. The minimum Gasteiger partial charge on any atom is -0.467 e. The highest BCUT2D eigenvalue weighted by Gasteiger charge is 2.16. The number of carbonyl (C=O) groups excluding carboxylic acids is 1. The Morgan fingerprint density at radius 3 is 2.74 bits per heavy atom. The van der Waals surface area contributed by atoms with Gasteiger partial charge in [-0.25, -0.2) is 0 Å². The lowest BCUT2D eigenvalue weighted by atomic mass is 10.1. The number of rotatable bonds is 7. The van der Waals surface area contributed by atoms with Gasteiger partial charge in [0.1, 0.15) is 5.76 Å². The summed E-state index contributed by atoms with van der Waals surface area (Å²) in [5.74, 6) is 0.591. The molecule has 0 aliphatic rings. The molecule has 23 heavy (non-hydrogen) atoms. The average Bonchev–Trinajstić information content (AvgIpc) is 2.96. The molecule has 0 atom stereocenters. The van der Waals surface area contributed by atoms with Gasteiger partial charge in [0.2, 0.25) is 0 Å². The second kappa shape index (κ2) is 7.44. The lowest BCUT2D eigenvalue weighted by Gasteiger charge is -2.25. The summed E-state index contributed by atoms with van der Waals surface area (Å²) in [7, 11) is 1.95. The number of furan rings is 1. The predicted molar refractivity (Wildman–Crippen MR) is 89.0 cm³/mol. The minimum absolute atomic E-state index is 0.131. The molecule has 1 heterocycles. The first-order chi connectivity index (χ1) is 10.8. The summed E-state index contributed by atoms with van der Waals surface area (Å²) in [6.45, 7) is 5.16. The van der Waals surface area contributed by atoms with E-state index in [4.69, 9.17) is 4.42 Å². The summed E-state index contributed by atoms with van der Waals surface area (Å²) in [6.07, 6.45) is 1.58. The molecule has 0 radical (unpaired) electrons. The topological polar surface area (TPSA) is 65.7 Å². The Hall–Kier alpha value is -2.11. The minimum atomic E-state index is -0.743. The van der Waals surface area contributed by atoms with Crippen LogP contribution in [0.5, 0.6) is 0 Å². The van der Waals surface area contributed by atoms with Crippen LogP contribution in [0.1, 0.15) is 35.5 Å².